The molecule has 0 heterocycles. The molecule has 1 aromatic carbocycles. The molecule has 0 fully saturated rings. The fourth-order valence-corrected chi connectivity index (χ4v) is 2.62. The zero-order valence-electron chi connectivity index (χ0n) is 11.9. The molecule has 19 heavy (non-hydrogen) atoms. The Hall–Kier alpha value is -0.730. The largest absolute Gasteiger partial charge is 0.333 e. The van der Waals surface area contributed by atoms with Gasteiger partial charge in [0.05, 0.1) is 15.6 Å². The molecule has 0 saturated carbocycles. The lowest BCUT2D eigenvalue weighted by atomic mass is 10.1. The Morgan fingerprint density at radius 3 is 1.89 bits per heavy atom. The molecule has 0 aliphatic rings. The van der Waals surface area contributed by atoms with Crippen molar-refractivity contribution in [3.63, 3.8) is 0 Å². The molecule has 1 rings (SSSR count). The van der Waals surface area contributed by atoms with Crippen molar-refractivity contribution >= 4 is 29.1 Å². The first-order valence-corrected chi connectivity index (χ1v) is 7.46. The second-order valence-corrected chi connectivity index (χ2v) is 5.64. The third-order valence-electron chi connectivity index (χ3n) is 3.54. The van der Waals surface area contributed by atoms with E-state index in [9.17, 15) is 4.79 Å². The molecule has 0 bridgehead atoms. The van der Waals surface area contributed by atoms with Crippen molar-refractivity contribution in [2.24, 2.45) is 0 Å². The second kappa shape index (κ2) is 7.16. The minimum absolute atomic E-state index is 0.0840. The van der Waals surface area contributed by atoms with Crippen LogP contribution >= 0.6 is 23.2 Å². The highest BCUT2D eigenvalue weighted by Gasteiger charge is 2.27. The minimum Gasteiger partial charge on any atom is -0.333 e. The van der Waals surface area contributed by atoms with Gasteiger partial charge in [-0.3, -0.25) is 4.79 Å². The van der Waals surface area contributed by atoms with Gasteiger partial charge in [-0.1, -0.05) is 43.1 Å². The number of halogens is 2. The monoisotopic (exact) mass is 301 g/mol. The Labute approximate surface area is 125 Å². The lowest BCUT2D eigenvalue weighted by molar-refractivity contribution is 0.0599. The van der Waals surface area contributed by atoms with Crippen LogP contribution in [-0.2, 0) is 0 Å². The van der Waals surface area contributed by atoms with E-state index in [-0.39, 0.29) is 18.0 Å². The number of carbonyl (C=O) groups excluding carboxylic acids is 1. The van der Waals surface area contributed by atoms with Gasteiger partial charge in [0.15, 0.2) is 0 Å². The molecule has 0 saturated heterocycles. The van der Waals surface area contributed by atoms with Gasteiger partial charge in [-0.25, -0.2) is 0 Å². The summed E-state index contributed by atoms with van der Waals surface area (Å²) in [5, 5.41) is 0.822. The van der Waals surface area contributed by atoms with Gasteiger partial charge >= 0.3 is 0 Å². The van der Waals surface area contributed by atoms with Crippen molar-refractivity contribution in [3.8, 4) is 0 Å². The Kier molecular flexibility index (Phi) is 6.15. The fourth-order valence-electron chi connectivity index (χ4n) is 2.06. The zero-order valence-corrected chi connectivity index (χ0v) is 13.4. The molecule has 2 nitrogen and oxygen atoms in total. The van der Waals surface area contributed by atoms with Gasteiger partial charge in [0.2, 0.25) is 0 Å². The standard InChI is InChI=1S/C15H21Cl2NO/c1-5-10(3)18(11(4)6-2)15(19)14-12(16)8-7-9-13(14)17/h7-11H,5-6H2,1-4H3. The Morgan fingerprint density at radius 1 is 1.11 bits per heavy atom. The normalized spacial score (nSPS) is 14.0. The summed E-state index contributed by atoms with van der Waals surface area (Å²) in [5.74, 6) is -0.0840. The SMILES string of the molecule is CCC(C)N(C(=O)c1c(Cl)cccc1Cl)C(C)CC. The van der Waals surface area contributed by atoms with Crippen molar-refractivity contribution < 1.29 is 4.79 Å². The van der Waals surface area contributed by atoms with Gasteiger partial charge in [0.25, 0.3) is 5.91 Å². The maximum atomic E-state index is 12.7. The zero-order chi connectivity index (χ0) is 14.6. The average Bonchev–Trinajstić information content (AvgIpc) is 2.38. The van der Waals surface area contributed by atoms with Crippen molar-refractivity contribution in [2.45, 2.75) is 52.6 Å². The molecule has 106 valence electrons. The molecule has 0 aromatic heterocycles. The molecule has 0 aliphatic carbocycles. The lowest BCUT2D eigenvalue weighted by Crippen LogP contribution is -2.44. The van der Waals surface area contributed by atoms with Crippen LogP contribution in [0.4, 0.5) is 0 Å². The quantitative estimate of drug-likeness (QED) is 0.746. The molecule has 0 aliphatic heterocycles. The molecular weight excluding hydrogens is 281 g/mol. The molecule has 1 amide bonds. The first-order valence-electron chi connectivity index (χ1n) is 6.70. The van der Waals surface area contributed by atoms with Gasteiger partial charge in [-0.05, 0) is 38.8 Å². The van der Waals surface area contributed by atoms with Crippen LogP contribution < -0.4 is 0 Å². The molecule has 0 radical (unpaired) electrons. The molecule has 0 N–H and O–H groups in total. The van der Waals surface area contributed by atoms with Gasteiger partial charge in [0, 0.05) is 12.1 Å². The van der Waals surface area contributed by atoms with Crippen LogP contribution in [0.25, 0.3) is 0 Å². The van der Waals surface area contributed by atoms with Crippen molar-refractivity contribution in [1.29, 1.82) is 0 Å². The van der Waals surface area contributed by atoms with E-state index in [0.717, 1.165) is 12.8 Å². The van der Waals surface area contributed by atoms with Gasteiger partial charge < -0.3 is 4.90 Å². The van der Waals surface area contributed by atoms with Crippen LogP contribution in [-0.4, -0.2) is 22.9 Å². The van der Waals surface area contributed by atoms with Crippen molar-refractivity contribution in [2.75, 3.05) is 0 Å². The highest BCUT2D eigenvalue weighted by molar-refractivity contribution is 6.39. The van der Waals surface area contributed by atoms with Gasteiger partial charge in [-0.15, -0.1) is 0 Å². The molecule has 1 aromatic rings. The van der Waals surface area contributed by atoms with Crippen LogP contribution in [0.2, 0.25) is 10.0 Å². The number of amides is 1. The number of hydrogen-bond acceptors (Lipinski definition) is 1. The summed E-state index contributed by atoms with van der Waals surface area (Å²) in [4.78, 5) is 14.6. The highest BCUT2D eigenvalue weighted by atomic mass is 35.5. The van der Waals surface area contributed by atoms with Crippen molar-refractivity contribution in [1.82, 2.24) is 4.90 Å². The Morgan fingerprint density at radius 2 is 1.53 bits per heavy atom. The van der Waals surface area contributed by atoms with E-state index < -0.39 is 0 Å². The number of benzene rings is 1. The first kappa shape index (κ1) is 16.3. The van der Waals surface area contributed by atoms with E-state index >= 15 is 0 Å². The summed E-state index contributed by atoms with van der Waals surface area (Å²) in [6, 6.07) is 5.47. The predicted molar refractivity (Wildman–Crippen MR) is 82.1 cm³/mol. The van der Waals surface area contributed by atoms with Gasteiger partial charge in [-0.2, -0.15) is 0 Å². The maximum absolute atomic E-state index is 12.7. The summed E-state index contributed by atoms with van der Waals surface area (Å²) < 4.78 is 0. The van der Waals surface area contributed by atoms with E-state index in [0.29, 0.717) is 15.6 Å². The molecule has 4 heteroatoms. The topological polar surface area (TPSA) is 20.3 Å². The van der Waals surface area contributed by atoms with Crippen molar-refractivity contribution in [3.05, 3.63) is 33.8 Å². The van der Waals surface area contributed by atoms with Crippen LogP contribution in [0.1, 0.15) is 50.9 Å². The van der Waals surface area contributed by atoms with E-state index in [2.05, 4.69) is 27.7 Å². The lowest BCUT2D eigenvalue weighted by Gasteiger charge is -2.34. The molecule has 2 unspecified atom stereocenters. The summed E-state index contributed by atoms with van der Waals surface area (Å²) in [6.07, 6.45) is 1.80. The summed E-state index contributed by atoms with van der Waals surface area (Å²) in [6.45, 7) is 8.24. The third kappa shape index (κ3) is 3.64. The number of hydrogen-bond donors (Lipinski definition) is 0. The summed E-state index contributed by atoms with van der Waals surface area (Å²) >= 11 is 12.3. The fraction of sp³-hybridized carbons (Fsp3) is 0.533. The van der Waals surface area contributed by atoms with Crippen LogP contribution in [0.15, 0.2) is 18.2 Å². The van der Waals surface area contributed by atoms with Crippen LogP contribution in [0.3, 0.4) is 0 Å². The van der Waals surface area contributed by atoms with Crippen LogP contribution in [0, 0.1) is 0 Å². The van der Waals surface area contributed by atoms with E-state index in [4.69, 9.17) is 23.2 Å². The first-order chi connectivity index (χ1) is 8.93. The third-order valence-corrected chi connectivity index (χ3v) is 4.17. The minimum atomic E-state index is -0.0840. The van der Waals surface area contributed by atoms with E-state index in [1.165, 1.54) is 0 Å². The number of rotatable bonds is 5. The summed E-state index contributed by atoms with van der Waals surface area (Å²) in [7, 11) is 0. The Balaban J connectivity index is 3.20. The second-order valence-electron chi connectivity index (χ2n) is 4.82. The molecule has 0 spiro atoms. The smallest absolute Gasteiger partial charge is 0.257 e. The van der Waals surface area contributed by atoms with Crippen LogP contribution in [0.5, 0.6) is 0 Å². The molecular formula is C15H21Cl2NO. The van der Waals surface area contributed by atoms with E-state index in [1.807, 2.05) is 4.90 Å². The number of nitrogens with zero attached hydrogens (tertiary/aromatic N) is 1. The van der Waals surface area contributed by atoms with E-state index in [1.54, 1.807) is 18.2 Å². The number of carbonyl (C=O) groups is 1. The molecule has 2 atom stereocenters. The average molecular weight is 302 g/mol. The van der Waals surface area contributed by atoms with Gasteiger partial charge in [0.1, 0.15) is 0 Å². The summed E-state index contributed by atoms with van der Waals surface area (Å²) in [5.41, 5.74) is 0.409. The Bertz CT molecular complexity index is 418. The maximum Gasteiger partial charge on any atom is 0.257 e. The predicted octanol–water partition coefficient (Wildman–Crippen LogP) is 5.03. The highest BCUT2D eigenvalue weighted by Crippen LogP contribution is 2.28.